The Morgan fingerprint density at radius 1 is 1.14 bits per heavy atom. The van der Waals surface area contributed by atoms with Crippen molar-refractivity contribution in [2.24, 2.45) is 5.73 Å². The second kappa shape index (κ2) is 7.68. The van der Waals surface area contributed by atoms with Gasteiger partial charge in [-0.1, -0.05) is 0 Å². The number of carbonyl (C=O) groups excluding carboxylic acids is 2. The third-order valence-electron chi connectivity index (χ3n) is 4.84. The molecule has 2 amide bonds. The first-order chi connectivity index (χ1) is 13.6. The lowest BCUT2D eigenvalue weighted by molar-refractivity contribution is -0.142. The number of hydrogen-bond acceptors (Lipinski definition) is 6. The van der Waals surface area contributed by atoms with Crippen molar-refractivity contribution in [3.05, 3.63) is 34.8 Å². The van der Waals surface area contributed by atoms with Crippen molar-refractivity contribution in [1.82, 2.24) is 24.9 Å². The lowest BCUT2D eigenvalue weighted by Gasteiger charge is -2.36. The summed E-state index contributed by atoms with van der Waals surface area (Å²) in [7, 11) is 0. The average molecular weight is 411 g/mol. The number of amides is 2. The maximum Gasteiger partial charge on any atom is 0.435 e. The Balaban J connectivity index is 1.65. The second-order valence-electron chi connectivity index (χ2n) is 6.74. The Morgan fingerprint density at radius 2 is 1.79 bits per heavy atom. The van der Waals surface area contributed by atoms with Crippen molar-refractivity contribution in [3.8, 4) is 0 Å². The van der Waals surface area contributed by atoms with Gasteiger partial charge in [-0.25, -0.2) is 0 Å². The van der Waals surface area contributed by atoms with Crippen molar-refractivity contribution in [2.45, 2.75) is 26.6 Å². The Bertz CT molecular complexity index is 934. The van der Waals surface area contributed by atoms with Crippen molar-refractivity contribution < 1.29 is 22.8 Å². The van der Waals surface area contributed by atoms with Gasteiger partial charge in [0.15, 0.2) is 11.5 Å². The van der Waals surface area contributed by atoms with Crippen LogP contribution in [-0.4, -0.2) is 62.9 Å². The molecule has 29 heavy (non-hydrogen) atoms. The molecule has 0 saturated carbocycles. The minimum absolute atomic E-state index is 0.286. The Kier molecular flexibility index (Phi) is 5.44. The molecule has 0 bridgehead atoms. The molecule has 0 aromatic carbocycles. The summed E-state index contributed by atoms with van der Waals surface area (Å²) in [5.74, 6) is -0.578. The number of anilines is 1. The molecule has 2 aromatic heterocycles. The van der Waals surface area contributed by atoms with Crippen LogP contribution in [0.2, 0.25) is 0 Å². The molecule has 1 saturated heterocycles. The zero-order valence-corrected chi connectivity index (χ0v) is 15.9. The van der Waals surface area contributed by atoms with Crippen molar-refractivity contribution >= 4 is 17.6 Å². The van der Waals surface area contributed by atoms with Gasteiger partial charge in [-0.05, 0) is 25.5 Å². The summed E-state index contributed by atoms with van der Waals surface area (Å²) < 4.78 is 38.8. The lowest BCUT2D eigenvalue weighted by Crippen LogP contribution is -2.50. The first kappa shape index (κ1) is 20.6. The highest BCUT2D eigenvalue weighted by Crippen LogP contribution is 2.27. The molecule has 1 aliphatic rings. The van der Waals surface area contributed by atoms with Crippen molar-refractivity contribution in [3.63, 3.8) is 0 Å². The predicted molar refractivity (Wildman–Crippen MR) is 96.0 cm³/mol. The zero-order valence-electron chi connectivity index (χ0n) is 15.9. The van der Waals surface area contributed by atoms with E-state index in [0.717, 1.165) is 16.9 Å². The van der Waals surface area contributed by atoms with E-state index < -0.39 is 17.8 Å². The number of aryl methyl sites for hydroxylation is 1. The Labute approximate surface area is 164 Å². The molecule has 0 aliphatic carbocycles. The summed E-state index contributed by atoms with van der Waals surface area (Å²) in [5, 5.41) is 11.5. The number of hydrogen-bond donors (Lipinski definition) is 1. The molecule has 156 valence electrons. The van der Waals surface area contributed by atoms with E-state index in [1.54, 1.807) is 13.8 Å². The summed E-state index contributed by atoms with van der Waals surface area (Å²) >= 11 is 0. The van der Waals surface area contributed by atoms with E-state index in [0.29, 0.717) is 48.8 Å². The Morgan fingerprint density at radius 3 is 2.34 bits per heavy atom. The van der Waals surface area contributed by atoms with E-state index in [2.05, 4.69) is 15.3 Å². The Hall–Kier alpha value is -3.18. The number of piperazine rings is 1. The number of carbonyl (C=O) groups is 2. The van der Waals surface area contributed by atoms with Gasteiger partial charge in [-0.2, -0.15) is 23.4 Å². The van der Waals surface area contributed by atoms with Crippen molar-refractivity contribution in [2.75, 3.05) is 31.1 Å². The number of nitrogens with two attached hydrogens (primary N) is 1. The fourth-order valence-corrected chi connectivity index (χ4v) is 3.12. The van der Waals surface area contributed by atoms with Crippen LogP contribution in [-0.2, 0) is 17.5 Å². The molecule has 3 rings (SSSR count). The third-order valence-corrected chi connectivity index (χ3v) is 4.84. The quantitative estimate of drug-likeness (QED) is 0.795. The number of aromatic nitrogens is 4. The summed E-state index contributed by atoms with van der Waals surface area (Å²) in [6.07, 6.45) is -3.42. The standard InChI is InChI=1S/C17H20F3N7O2/c1-10-11(2)22-23-16(14(10)15(21)29)26-7-5-25(6-8-26)13(28)9-27-4-3-12(24-27)17(18,19)20/h3-4H,5-9H2,1-2H3,(H2,21,29). The maximum atomic E-state index is 12.6. The molecule has 0 unspecified atom stereocenters. The van der Waals surface area contributed by atoms with Crippen LogP contribution in [0.5, 0.6) is 0 Å². The van der Waals surface area contributed by atoms with Crippen molar-refractivity contribution in [1.29, 1.82) is 0 Å². The van der Waals surface area contributed by atoms with Gasteiger partial charge in [0.05, 0.1) is 11.3 Å². The zero-order chi connectivity index (χ0) is 21.3. The average Bonchev–Trinajstić information content (AvgIpc) is 3.12. The van der Waals surface area contributed by atoms with Gasteiger partial charge in [-0.15, -0.1) is 5.10 Å². The molecule has 0 atom stereocenters. The normalized spacial score (nSPS) is 14.9. The molecule has 0 radical (unpaired) electrons. The monoisotopic (exact) mass is 411 g/mol. The van der Waals surface area contributed by atoms with Gasteiger partial charge in [0.25, 0.3) is 5.91 Å². The summed E-state index contributed by atoms with van der Waals surface area (Å²) in [5.41, 5.74) is 6.02. The summed E-state index contributed by atoms with van der Waals surface area (Å²) in [6, 6.07) is 0.828. The van der Waals surface area contributed by atoms with Gasteiger partial charge in [0.1, 0.15) is 6.54 Å². The number of nitrogens with zero attached hydrogens (tertiary/aromatic N) is 6. The fourth-order valence-electron chi connectivity index (χ4n) is 3.12. The molecular weight excluding hydrogens is 391 g/mol. The van der Waals surface area contributed by atoms with E-state index >= 15 is 0 Å². The van der Waals surface area contributed by atoms with Gasteiger partial charge < -0.3 is 15.5 Å². The van der Waals surface area contributed by atoms with Crippen LogP contribution in [0.4, 0.5) is 19.0 Å². The third kappa shape index (κ3) is 4.30. The summed E-state index contributed by atoms with van der Waals surface area (Å²) in [6.45, 7) is 4.59. The van der Waals surface area contributed by atoms with E-state index in [1.807, 2.05) is 4.90 Å². The fraction of sp³-hybridized carbons (Fsp3) is 0.471. The van der Waals surface area contributed by atoms with Gasteiger partial charge in [0.2, 0.25) is 5.91 Å². The highest BCUT2D eigenvalue weighted by molar-refractivity contribution is 5.99. The summed E-state index contributed by atoms with van der Waals surface area (Å²) in [4.78, 5) is 27.6. The molecule has 2 N–H and O–H groups in total. The highest BCUT2D eigenvalue weighted by atomic mass is 19.4. The van der Waals surface area contributed by atoms with Crippen LogP contribution in [0.15, 0.2) is 12.3 Å². The van der Waals surface area contributed by atoms with Gasteiger partial charge in [-0.3, -0.25) is 14.3 Å². The maximum absolute atomic E-state index is 12.6. The SMILES string of the molecule is Cc1nnc(N2CCN(C(=O)Cn3ccc(C(F)(F)F)n3)CC2)c(C(N)=O)c1C. The topological polar surface area (TPSA) is 110 Å². The van der Waals surface area contributed by atoms with Crippen LogP contribution >= 0.6 is 0 Å². The van der Waals surface area contributed by atoms with Gasteiger partial charge >= 0.3 is 6.18 Å². The minimum Gasteiger partial charge on any atom is -0.365 e. The molecular formula is C17H20F3N7O2. The molecule has 0 spiro atoms. The van der Waals surface area contributed by atoms with Crippen LogP contribution in [0.3, 0.4) is 0 Å². The van der Waals surface area contributed by atoms with E-state index in [-0.39, 0.29) is 12.5 Å². The molecule has 1 fully saturated rings. The van der Waals surface area contributed by atoms with E-state index in [1.165, 1.54) is 4.90 Å². The number of primary amides is 1. The van der Waals surface area contributed by atoms with Gasteiger partial charge in [0, 0.05) is 32.4 Å². The van der Waals surface area contributed by atoms with Crippen LogP contribution in [0.25, 0.3) is 0 Å². The number of halogens is 3. The molecule has 12 heteroatoms. The smallest absolute Gasteiger partial charge is 0.365 e. The molecule has 1 aliphatic heterocycles. The van der Waals surface area contributed by atoms with E-state index in [4.69, 9.17) is 5.73 Å². The first-order valence-corrected chi connectivity index (χ1v) is 8.85. The molecule has 2 aromatic rings. The second-order valence-corrected chi connectivity index (χ2v) is 6.74. The largest absolute Gasteiger partial charge is 0.435 e. The van der Waals surface area contributed by atoms with E-state index in [9.17, 15) is 22.8 Å². The molecule has 3 heterocycles. The predicted octanol–water partition coefficient (Wildman–Crippen LogP) is 0.756. The number of alkyl halides is 3. The van der Waals surface area contributed by atoms with Crippen LogP contribution in [0.1, 0.15) is 27.3 Å². The lowest BCUT2D eigenvalue weighted by atomic mass is 10.1. The first-order valence-electron chi connectivity index (χ1n) is 8.85. The highest BCUT2D eigenvalue weighted by Gasteiger charge is 2.34. The number of rotatable bonds is 4. The van der Waals surface area contributed by atoms with Crippen LogP contribution < -0.4 is 10.6 Å². The van der Waals surface area contributed by atoms with Crippen LogP contribution in [0, 0.1) is 13.8 Å². The minimum atomic E-state index is -4.55. The molecule has 9 nitrogen and oxygen atoms in total.